The lowest BCUT2D eigenvalue weighted by Crippen LogP contribution is -2.57. The van der Waals surface area contributed by atoms with Gasteiger partial charge in [0.25, 0.3) is 0 Å². The quantitative estimate of drug-likeness (QED) is 0.0775. The minimum atomic E-state index is -1.19. The van der Waals surface area contributed by atoms with E-state index in [-0.39, 0.29) is 36.8 Å². The van der Waals surface area contributed by atoms with Crippen LogP contribution in [0.4, 0.5) is 0 Å². The van der Waals surface area contributed by atoms with E-state index < -0.39 is 35.9 Å². The van der Waals surface area contributed by atoms with Crippen LogP contribution in [0.25, 0.3) is 0 Å². The lowest BCUT2D eigenvalue weighted by atomic mass is 10.0. The van der Waals surface area contributed by atoms with Gasteiger partial charge in [-0.1, -0.05) is 13.8 Å². The molecule has 1 aliphatic heterocycles. The van der Waals surface area contributed by atoms with Crippen molar-refractivity contribution in [2.45, 2.75) is 76.5 Å². The monoisotopic (exact) mass is 515 g/mol. The Balaban J connectivity index is 2.85. The molecule has 1 rings (SSSR count). The third-order valence-corrected chi connectivity index (χ3v) is 6.16. The molecule has 0 bridgehead atoms. The van der Waals surface area contributed by atoms with Gasteiger partial charge >= 0.3 is 5.97 Å². The van der Waals surface area contributed by atoms with Gasteiger partial charge in [-0.2, -0.15) is 11.8 Å². The second-order valence-corrected chi connectivity index (χ2v) is 10.0. The van der Waals surface area contributed by atoms with E-state index in [0.717, 1.165) is 13.0 Å². The normalized spacial score (nSPS) is 17.8. The van der Waals surface area contributed by atoms with Gasteiger partial charge < -0.3 is 37.8 Å². The van der Waals surface area contributed by atoms with Crippen molar-refractivity contribution in [3.05, 3.63) is 0 Å². The number of thioether (sulfide) groups is 1. The number of guanidine groups is 1. The van der Waals surface area contributed by atoms with Crippen LogP contribution in [0.3, 0.4) is 0 Å². The molecule has 12 nitrogen and oxygen atoms in total. The van der Waals surface area contributed by atoms with Crippen molar-refractivity contribution in [3.8, 4) is 0 Å². The fourth-order valence-corrected chi connectivity index (χ4v) is 4.17. The Morgan fingerprint density at radius 1 is 1.06 bits per heavy atom. The number of nitrogens with one attached hydrogen (secondary N) is 4. The van der Waals surface area contributed by atoms with Crippen molar-refractivity contribution < 1.29 is 24.3 Å². The Morgan fingerprint density at radius 2 is 1.71 bits per heavy atom. The van der Waals surface area contributed by atoms with Crippen LogP contribution in [0.2, 0.25) is 0 Å². The summed E-state index contributed by atoms with van der Waals surface area (Å²) in [5, 5.41) is 20.7. The molecule has 0 aromatic carbocycles. The van der Waals surface area contributed by atoms with Gasteiger partial charge in [0, 0.05) is 6.54 Å². The molecular formula is C22H41N7O5S. The molecule has 0 radical (unpaired) electrons. The number of rotatable bonds is 16. The predicted octanol–water partition coefficient (Wildman–Crippen LogP) is -0.870. The SMILES string of the molecule is CSCCC(NC(=O)C1CCCN1)C(=O)NC(CC(C)C)C(=O)NC(CCCN=C(N)N)C(=O)O. The second-order valence-electron chi connectivity index (χ2n) is 9.03. The van der Waals surface area contributed by atoms with Gasteiger partial charge in [0.1, 0.15) is 18.1 Å². The zero-order valence-corrected chi connectivity index (χ0v) is 21.7. The largest absolute Gasteiger partial charge is 0.480 e. The number of carboxylic acids is 1. The summed E-state index contributed by atoms with van der Waals surface area (Å²) in [4.78, 5) is 54.1. The Labute approximate surface area is 211 Å². The van der Waals surface area contributed by atoms with Crippen molar-refractivity contribution in [3.63, 3.8) is 0 Å². The van der Waals surface area contributed by atoms with Crippen molar-refractivity contribution in [2.24, 2.45) is 22.4 Å². The molecule has 0 aromatic heterocycles. The molecule has 4 unspecified atom stereocenters. The van der Waals surface area contributed by atoms with Gasteiger partial charge in [0.05, 0.1) is 6.04 Å². The Bertz CT molecular complexity index is 740. The minimum absolute atomic E-state index is 0.0538. The number of hydrogen-bond donors (Lipinski definition) is 7. The maximum Gasteiger partial charge on any atom is 0.326 e. The molecule has 0 spiro atoms. The highest BCUT2D eigenvalue weighted by molar-refractivity contribution is 7.98. The zero-order valence-electron chi connectivity index (χ0n) is 20.8. The third-order valence-electron chi connectivity index (χ3n) is 5.52. The van der Waals surface area contributed by atoms with Gasteiger partial charge in [0.15, 0.2) is 5.96 Å². The molecule has 4 atom stereocenters. The Morgan fingerprint density at radius 3 is 2.26 bits per heavy atom. The van der Waals surface area contributed by atoms with Gasteiger partial charge in [-0.25, -0.2) is 4.79 Å². The number of aliphatic imine (C=N–C) groups is 1. The van der Waals surface area contributed by atoms with E-state index in [4.69, 9.17) is 11.5 Å². The summed E-state index contributed by atoms with van der Waals surface area (Å²) in [6.45, 7) is 4.79. The van der Waals surface area contributed by atoms with Crippen molar-refractivity contribution in [1.82, 2.24) is 21.3 Å². The van der Waals surface area contributed by atoms with Crippen molar-refractivity contribution in [2.75, 3.05) is 25.1 Å². The lowest BCUT2D eigenvalue weighted by Gasteiger charge is -2.26. The summed E-state index contributed by atoms with van der Waals surface area (Å²) in [6, 6.07) is -3.22. The molecule has 0 saturated carbocycles. The van der Waals surface area contributed by atoms with Gasteiger partial charge in [0.2, 0.25) is 17.7 Å². The molecule has 1 saturated heterocycles. The maximum atomic E-state index is 13.1. The third kappa shape index (κ3) is 12.1. The summed E-state index contributed by atoms with van der Waals surface area (Å²) in [7, 11) is 0. The summed E-state index contributed by atoms with van der Waals surface area (Å²) >= 11 is 1.55. The molecule has 3 amide bonds. The van der Waals surface area contributed by atoms with Crippen LogP contribution in [-0.2, 0) is 19.2 Å². The Hall–Kier alpha value is -2.54. The number of carbonyl (C=O) groups is 4. The fraction of sp³-hybridized carbons (Fsp3) is 0.773. The highest BCUT2D eigenvalue weighted by Gasteiger charge is 2.31. The zero-order chi connectivity index (χ0) is 26.4. The van der Waals surface area contributed by atoms with Crippen LogP contribution in [0, 0.1) is 5.92 Å². The summed E-state index contributed by atoms with van der Waals surface area (Å²) < 4.78 is 0. The lowest BCUT2D eigenvalue weighted by molar-refractivity contribution is -0.142. The molecule has 1 fully saturated rings. The van der Waals surface area contributed by atoms with E-state index in [1.807, 2.05) is 20.1 Å². The van der Waals surface area contributed by atoms with E-state index in [1.54, 1.807) is 11.8 Å². The van der Waals surface area contributed by atoms with Crippen molar-refractivity contribution in [1.29, 1.82) is 0 Å². The fourth-order valence-electron chi connectivity index (χ4n) is 3.69. The summed E-state index contributed by atoms with van der Waals surface area (Å²) in [6.07, 6.45) is 4.71. The van der Waals surface area contributed by atoms with Crippen molar-refractivity contribution >= 4 is 41.4 Å². The van der Waals surface area contributed by atoms with E-state index in [9.17, 15) is 24.3 Å². The molecule has 9 N–H and O–H groups in total. The molecule has 0 aromatic rings. The number of nitrogens with two attached hydrogens (primary N) is 2. The molecule has 35 heavy (non-hydrogen) atoms. The first-order valence-electron chi connectivity index (χ1n) is 12.0. The molecule has 13 heteroatoms. The first-order valence-corrected chi connectivity index (χ1v) is 13.4. The standard InChI is InChI=1S/C22H41N7O5S/c1-13(2)12-17(20(32)28-16(21(33)34)7-5-10-26-22(23)24)29-19(31)15(8-11-35-3)27-18(30)14-6-4-9-25-14/h13-17,25H,4-12H2,1-3H3,(H,27,30)(H,28,32)(H,29,31)(H,33,34)(H4,23,24,26). The van der Waals surface area contributed by atoms with Crippen LogP contribution in [0.5, 0.6) is 0 Å². The van der Waals surface area contributed by atoms with Gasteiger partial charge in [-0.3, -0.25) is 19.4 Å². The smallest absolute Gasteiger partial charge is 0.326 e. The minimum Gasteiger partial charge on any atom is -0.480 e. The van der Waals surface area contributed by atoms with E-state index >= 15 is 0 Å². The number of hydrogen-bond acceptors (Lipinski definition) is 7. The summed E-state index contributed by atoms with van der Waals surface area (Å²) in [5.41, 5.74) is 10.5. The average molecular weight is 516 g/mol. The number of nitrogens with zero attached hydrogens (tertiary/aromatic N) is 1. The maximum absolute atomic E-state index is 13.1. The van der Waals surface area contributed by atoms with Crippen LogP contribution in [0.15, 0.2) is 4.99 Å². The number of carbonyl (C=O) groups excluding carboxylic acids is 3. The average Bonchev–Trinajstić information content (AvgIpc) is 3.32. The highest BCUT2D eigenvalue weighted by Crippen LogP contribution is 2.10. The van der Waals surface area contributed by atoms with Gasteiger partial charge in [-0.15, -0.1) is 0 Å². The van der Waals surface area contributed by atoms with Crippen LogP contribution < -0.4 is 32.7 Å². The molecule has 200 valence electrons. The summed E-state index contributed by atoms with van der Waals surface area (Å²) in [5.74, 6) is -1.87. The van der Waals surface area contributed by atoms with Crippen LogP contribution in [0.1, 0.15) is 52.4 Å². The van der Waals surface area contributed by atoms with Crippen LogP contribution >= 0.6 is 11.8 Å². The van der Waals surface area contributed by atoms with E-state index in [1.165, 1.54) is 0 Å². The number of carboxylic acid groups (broad SMARTS) is 1. The predicted molar refractivity (Wildman–Crippen MR) is 137 cm³/mol. The first-order chi connectivity index (χ1) is 16.5. The molecule has 0 aliphatic carbocycles. The highest BCUT2D eigenvalue weighted by atomic mass is 32.2. The second kappa shape index (κ2) is 16.2. The van der Waals surface area contributed by atoms with Crippen LogP contribution in [-0.4, -0.2) is 84.0 Å². The topological polar surface area (TPSA) is 201 Å². The molecule has 1 heterocycles. The molecule has 1 aliphatic rings. The van der Waals surface area contributed by atoms with E-state index in [2.05, 4.69) is 26.3 Å². The number of amides is 3. The van der Waals surface area contributed by atoms with Gasteiger partial charge in [-0.05, 0) is 63.0 Å². The van der Waals surface area contributed by atoms with E-state index in [0.29, 0.717) is 31.4 Å². The first kappa shape index (κ1) is 30.5. The molecular weight excluding hydrogens is 474 g/mol. The Kier molecular flexibility index (Phi) is 14.1. The number of aliphatic carboxylic acids is 1.